The zero-order valence-corrected chi connectivity index (χ0v) is 11.2. The number of nitrogens with one attached hydrogen (secondary N) is 2. The second kappa shape index (κ2) is 6.38. The quantitative estimate of drug-likeness (QED) is 0.870. The van der Waals surface area contributed by atoms with Crippen LogP contribution in [0.25, 0.3) is 0 Å². The highest BCUT2D eigenvalue weighted by atomic mass is 16.5. The van der Waals surface area contributed by atoms with Crippen molar-refractivity contribution < 1.29 is 14.3 Å². The van der Waals surface area contributed by atoms with Crippen LogP contribution in [0.2, 0.25) is 0 Å². The Morgan fingerprint density at radius 2 is 2.47 bits per heavy atom. The van der Waals surface area contributed by atoms with Crippen LogP contribution in [-0.2, 0) is 4.74 Å². The van der Waals surface area contributed by atoms with Gasteiger partial charge in [-0.3, -0.25) is 0 Å². The minimum absolute atomic E-state index is 0.0230. The third kappa shape index (κ3) is 3.57. The van der Waals surface area contributed by atoms with E-state index in [9.17, 15) is 4.79 Å². The Bertz CT molecular complexity index is 433. The lowest BCUT2D eigenvalue weighted by Crippen LogP contribution is -2.43. The van der Waals surface area contributed by atoms with Crippen LogP contribution in [0.5, 0.6) is 5.88 Å². The Hall–Kier alpha value is -1.82. The van der Waals surface area contributed by atoms with Crippen LogP contribution in [0.3, 0.4) is 0 Å². The van der Waals surface area contributed by atoms with Crippen molar-refractivity contribution in [3.05, 3.63) is 18.3 Å². The molecule has 6 heteroatoms. The molecule has 104 valence electrons. The Kier molecular flexibility index (Phi) is 4.57. The number of carbonyl (C=O) groups excluding carboxylic acids is 1. The second-order valence-electron chi connectivity index (χ2n) is 4.50. The van der Waals surface area contributed by atoms with Crippen LogP contribution in [0.15, 0.2) is 18.3 Å². The fourth-order valence-corrected chi connectivity index (χ4v) is 2.10. The van der Waals surface area contributed by atoms with E-state index in [0.29, 0.717) is 11.6 Å². The van der Waals surface area contributed by atoms with Crippen molar-refractivity contribution in [3.63, 3.8) is 0 Å². The molecule has 0 radical (unpaired) electrons. The van der Waals surface area contributed by atoms with Crippen molar-refractivity contribution in [3.8, 4) is 5.88 Å². The van der Waals surface area contributed by atoms with Gasteiger partial charge >= 0.3 is 6.03 Å². The summed E-state index contributed by atoms with van der Waals surface area (Å²) in [4.78, 5) is 15.9. The van der Waals surface area contributed by atoms with E-state index in [4.69, 9.17) is 9.47 Å². The average Bonchev–Trinajstić information content (AvgIpc) is 2.93. The molecule has 2 atom stereocenters. The Labute approximate surface area is 112 Å². The number of hydrogen-bond donors (Lipinski definition) is 2. The Balaban J connectivity index is 1.89. The molecule has 1 aromatic rings. The molecule has 1 fully saturated rings. The largest absolute Gasteiger partial charge is 0.480 e. The number of nitrogens with zero attached hydrogens (tertiary/aromatic N) is 1. The molecule has 2 rings (SSSR count). The van der Waals surface area contributed by atoms with Gasteiger partial charge in [0.15, 0.2) is 0 Å². The van der Waals surface area contributed by atoms with Gasteiger partial charge in [-0.1, -0.05) is 0 Å². The van der Waals surface area contributed by atoms with Crippen molar-refractivity contribution in [1.82, 2.24) is 10.3 Å². The number of ether oxygens (including phenoxy) is 2. The first kappa shape index (κ1) is 13.6. The molecule has 2 N–H and O–H groups in total. The smallest absolute Gasteiger partial charge is 0.319 e. The van der Waals surface area contributed by atoms with Gasteiger partial charge in [-0.15, -0.1) is 0 Å². The van der Waals surface area contributed by atoms with Crippen LogP contribution in [0.4, 0.5) is 10.5 Å². The summed E-state index contributed by atoms with van der Waals surface area (Å²) < 4.78 is 10.6. The van der Waals surface area contributed by atoms with E-state index in [2.05, 4.69) is 15.6 Å². The number of aromatic nitrogens is 1. The first-order chi connectivity index (χ1) is 9.20. The van der Waals surface area contributed by atoms with Gasteiger partial charge in [0, 0.05) is 12.8 Å². The number of pyridine rings is 1. The fraction of sp³-hybridized carbons (Fsp3) is 0.538. The van der Waals surface area contributed by atoms with E-state index in [0.717, 1.165) is 19.4 Å². The number of hydrogen-bond acceptors (Lipinski definition) is 4. The minimum Gasteiger partial charge on any atom is -0.480 e. The fourth-order valence-electron chi connectivity index (χ4n) is 2.10. The number of rotatable bonds is 4. The lowest BCUT2D eigenvalue weighted by atomic mass is 10.1. The lowest BCUT2D eigenvalue weighted by molar-refractivity contribution is 0.0868. The summed E-state index contributed by atoms with van der Waals surface area (Å²) in [5.74, 6) is 0.391. The molecule has 1 aliphatic rings. The number of methoxy groups -OCH3 is 1. The summed E-state index contributed by atoms with van der Waals surface area (Å²) >= 11 is 0. The summed E-state index contributed by atoms with van der Waals surface area (Å²) in [5.41, 5.74) is 0.544. The molecule has 0 aromatic carbocycles. The molecule has 6 nitrogen and oxygen atoms in total. The van der Waals surface area contributed by atoms with E-state index in [1.807, 2.05) is 6.92 Å². The lowest BCUT2D eigenvalue weighted by Gasteiger charge is -2.20. The summed E-state index contributed by atoms with van der Waals surface area (Å²) in [6.07, 6.45) is 3.74. The molecule has 1 aromatic heterocycles. The van der Waals surface area contributed by atoms with Crippen molar-refractivity contribution in [2.75, 3.05) is 19.0 Å². The zero-order chi connectivity index (χ0) is 13.7. The molecule has 19 heavy (non-hydrogen) atoms. The summed E-state index contributed by atoms with van der Waals surface area (Å²) in [7, 11) is 1.51. The van der Waals surface area contributed by atoms with Crippen LogP contribution in [0, 0.1) is 0 Å². The molecule has 2 heterocycles. The van der Waals surface area contributed by atoms with E-state index in [1.165, 1.54) is 7.11 Å². The second-order valence-corrected chi connectivity index (χ2v) is 4.50. The highest BCUT2D eigenvalue weighted by Gasteiger charge is 2.23. The van der Waals surface area contributed by atoms with Crippen molar-refractivity contribution >= 4 is 11.7 Å². The molecule has 1 aliphatic heterocycles. The summed E-state index contributed by atoms with van der Waals surface area (Å²) in [5, 5.41) is 5.59. The van der Waals surface area contributed by atoms with Gasteiger partial charge in [0.05, 0.1) is 19.3 Å². The highest BCUT2D eigenvalue weighted by Crippen LogP contribution is 2.20. The van der Waals surface area contributed by atoms with E-state index in [-0.39, 0.29) is 18.2 Å². The summed E-state index contributed by atoms with van der Waals surface area (Å²) in [6.45, 7) is 2.71. The Morgan fingerprint density at radius 1 is 1.63 bits per heavy atom. The van der Waals surface area contributed by atoms with Gasteiger partial charge in [0.25, 0.3) is 0 Å². The monoisotopic (exact) mass is 265 g/mol. The number of amides is 2. The Morgan fingerprint density at radius 3 is 3.16 bits per heavy atom. The first-order valence-corrected chi connectivity index (χ1v) is 6.39. The molecular formula is C13H19N3O3. The maximum absolute atomic E-state index is 11.9. The maximum Gasteiger partial charge on any atom is 0.319 e. The van der Waals surface area contributed by atoms with E-state index in [1.54, 1.807) is 18.3 Å². The van der Waals surface area contributed by atoms with Gasteiger partial charge in [-0.25, -0.2) is 9.78 Å². The van der Waals surface area contributed by atoms with Crippen LogP contribution < -0.4 is 15.4 Å². The number of carbonyl (C=O) groups is 1. The molecule has 1 saturated heterocycles. The number of anilines is 1. The topological polar surface area (TPSA) is 72.5 Å². The zero-order valence-electron chi connectivity index (χ0n) is 11.2. The van der Waals surface area contributed by atoms with Crippen LogP contribution in [-0.4, -0.2) is 36.9 Å². The predicted octanol–water partition coefficient (Wildman–Crippen LogP) is 1.78. The summed E-state index contributed by atoms with van der Waals surface area (Å²) in [6, 6.07) is 3.17. The van der Waals surface area contributed by atoms with E-state index < -0.39 is 0 Å². The molecule has 0 spiro atoms. The molecule has 2 amide bonds. The molecular weight excluding hydrogens is 246 g/mol. The van der Waals surface area contributed by atoms with Crippen molar-refractivity contribution in [2.24, 2.45) is 0 Å². The van der Waals surface area contributed by atoms with Gasteiger partial charge in [-0.05, 0) is 31.9 Å². The van der Waals surface area contributed by atoms with Crippen LogP contribution in [0.1, 0.15) is 19.8 Å². The van der Waals surface area contributed by atoms with Crippen molar-refractivity contribution in [2.45, 2.75) is 31.9 Å². The van der Waals surface area contributed by atoms with Gasteiger partial charge in [0.1, 0.15) is 5.69 Å². The molecule has 0 saturated carbocycles. The van der Waals surface area contributed by atoms with Gasteiger partial charge in [0.2, 0.25) is 5.88 Å². The SMILES string of the molecule is COc1ncccc1NC(=O)N[C@H](C)[C@@H]1CCCO1. The van der Waals surface area contributed by atoms with Crippen molar-refractivity contribution in [1.29, 1.82) is 0 Å². The third-order valence-electron chi connectivity index (χ3n) is 3.09. The molecule has 0 aliphatic carbocycles. The van der Waals surface area contributed by atoms with E-state index >= 15 is 0 Å². The maximum atomic E-state index is 11.9. The molecule has 0 bridgehead atoms. The standard InChI is InChI=1S/C13H19N3O3/c1-9(11-6-4-8-19-11)15-13(17)16-10-5-3-7-14-12(10)18-2/h3,5,7,9,11H,4,6,8H2,1-2H3,(H2,15,16,17)/t9-,11+/m1/s1. The van der Waals surface area contributed by atoms with Crippen LogP contribution >= 0.6 is 0 Å². The molecule has 0 unspecified atom stereocenters. The normalized spacial score (nSPS) is 19.8. The minimum atomic E-state index is -0.283. The third-order valence-corrected chi connectivity index (χ3v) is 3.09. The first-order valence-electron chi connectivity index (χ1n) is 6.39. The van der Waals surface area contributed by atoms with Gasteiger partial charge < -0.3 is 20.1 Å². The average molecular weight is 265 g/mol. The highest BCUT2D eigenvalue weighted by molar-refractivity contribution is 5.90. The number of urea groups is 1. The van der Waals surface area contributed by atoms with Gasteiger partial charge in [-0.2, -0.15) is 0 Å². The predicted molar refractivity (Wildman–Crippen MR) is 71.4 cm³/mol.